The first-order valence-corrected chi connectivity index (χ1v) is 10.4. The standard InChI is InChI=1S/C24H23F3N4O/c25-24(26,27)23-28-20(19-11-5-2-6-12-19)21(29-23)22(32)31-16-14-30(15-17-31)13-7-10-18-8-3-1-4-9-18/h1-12H,13-17H2,(H,28,29)/b10-7+. The maximum Gasteiger partial charge on any atom is 0.449 e. The van der Waals surface area contributed by atoms with E-state index >= 15 is 0 Å². The third-order valence-corrected chi connectivity index (χ3v) is 5.37. The van der Waals surface area contributed by atoms with E-state index in [1.54, 1.807) is 35.2 Å². The van der Waals surface area contributed by atoms with Gasteiger partial charge in [0.25, 0.3) is 5.91 Å². The average Bonchev–Trinajstić information content (AvgIpc) is 3.27. The molecular formula is C24H23F3N4O. The molecule has 0 aliphatic carbocycles. The number of amides is 1. The topological polar surface area (TPSA) is 52.2 Å². The molecule has 2 heterocycles. The predicted octanol–water partition coefficient (Wildman–Crippen LogP) is 4.57. The van der Waals surface area contributed by atoms with Crippen molar-refractivity contribution in [3.05, 3.63) is 83.8 Å². The van der Waals surface area contributed by atoms with E-state index in [1.165, 1.54) is 0 Å². The van der Waals surface area contributed by atoms with Gasteiger partial charge in [0.1, 0.15) is 11.4 Å². The molecule has 3 aromatic rings. The fourth-order valence-corrected chi connectivity index (χ4v) is 3.66. The molecule has 1 aliphatic heterocycles. The number of imidazole rings is 1. The van der Waals surface area contributed by atoms with Gasteiger partial charge in [0.15, 0.2) is 0 Å². The van der Waals surface area contributed by atoms with Gasteiger partial charge < -0.3 is 9.88 Å². The van der Waals surface area contributed by atoms with E-state index in [1.807, 2.05) is 36.4 Å². The Morgan fingerprint density at radius 1 is 0.969 bits per heavy atom. The first kappa shape index (κ1) is 21.8. The number of H-pyrrole nitrogens is 1. The highest BCUT2D eigenvalue weighted by atomic mass is 19.4. The number of rotatable bonds is 5. The highest BCUT2D eigenvalue weighted by Gasteiger charge is 2.37. The minimum Gasteiger partial charge on any atom is -0.335 e. The summed E-state index contributed by atoms with van der Waals surface area (Å²) in [6.45, 7) is 2.91. The lowest BCUT2D eigenvalue weighted by Crippen LogP contribution is -2.48. The zero-order valence-electron chi connectivity index (χ0n) is 17.3. The molecule has 8 heteroatoms. The third-order valence-electron chi connectivity index (χ3n) is 5.37. The van der Waals surface area contributed by atoms with Gasteiger partial charge in [-0.05, 0) is 5.56 Å². The maximum atomic E-state index is 13.3. The van der Waals surface area contributed by atoms with Crippen LogP contribution in [-0.2, 0) is 6.18 Å². The molecule has 5 nitrogen and oxygen atoms in total. The molecule has 0 radical (unpaired) electrons. The second-order valence-electron chi connectivity index (χ2n) is 7.58. The van der Waals surface area contributed by atoms with Crippen LogP contribution in [0.2, 0.25) is 0 Å². The Morgan fingerprint density at radius 2 is 1.59 bits per heavy atom. The van der Waals surface area contributed by atoms with Gasteiger partial charge in [0, 0.05) is 38.3 Å². The number of carbonyl (C=O) groups is 1. The molecule has 1 aromatic heterocycles. The summed E-state index contributed by atoms with van der Waals surface area (Å²) >= 11 is 0. The number of nitrogens with one attached hydrogen (secondary N) is 1. The summed E-state index contributed by atoms with van der Waals surface area (Å²) in [6.07, 6.45) is -0.538. The van der Waals surface area contributed by atoms with Crippen molar-refractivity contribution in [2.24, 2.45) is 0 Å². The number of halogens is 3. The molecule has 1 fully saturated rings. The van der Waals surface area contributed by atoms with E-state index < -0.39 is 17.9 Å². The van der Waals surface area contributed by atoms with Crippen LogP contribution in [0.4, 0.5) is 13.2 Å². The van der Waals surface area contributed by atoms with Crippen LogP contribution in [0.25, 0.3) is 17.3 Å². The molecule has 4 rings (SSSR count). The lowest BCUT2D eigenvalue weighted by atomic mass is 10.1. The molecule has 32 heavy (non-hydrogen) atoms. The first-order valence-electron chi connectivity index (χ1n) is 10.4. The second kappa shape index (κ2) is 9.40. The Morgan fingerprint density at radius 3 is 2.22 bits per heavy atom. The third kappa shape index (κ3) is 5.08. The minimum absolute atomic E-state index is 0.0242. The number of nitrogens with zero attached hydrogens (tertiary/aromatic N) is 3. The largest absolute Gasteiger partial charge is 0.449 e. The normalized spacial score (nSPS) is 15.4. The Hall–Kier alpha value is -3.39. The number of carbonyl (C=O) groups excluding carboxylic acids is 1. The molecule has 0 spiro atoms. The first-order chi connectivity index (χ1) is 15.4. The van der Waals surface area contributed by atoms with E-state index in [0.29, 0.717) is 31.7 Å². The molecule has 1 amide bonds. The van der Waals surface area contributed by atoms with Crippen LogP contribution in [0.15, 0.2) is 66.7 Å². The SMILES string of the molecule is O=C(c1[nH]c(C(F)(F)F)nc1-c1ccccc1)N1CCN(C/C=C/c2ccccc2)CC1. The van der Waals surface area contributed by atoms with Crippen molar-refractivity contribution < 1.29 is 18.0 Å². The molecule has 2 aromatic carbocycles. The number of hydrogen-bond donors (Lipinski definition) is 1. The van der Waals surface area contributed by atoms with Crippen molar-refractivity contribution in [3.63, 3.8) is 0 Å². The van der Waals surface area contributed by atoms with Crippen molar-refractivity contribution in [2.75, 3.05) is 32.7 Å². The summed E-state index contributed by atoms with van der Waals surface area (Å²) in [5.41, 5.74) is 1.49. The van der Waals surface area contributed by atoms with Gasteiger partial charge in [-0.15, -0.1) is 0 Å². The number of aromatic nitrogens is 2. The van der Waals surface area contributed by atoms with E-state index in [4.69, 9.17) is 0 Å². The van der Waals surface area contributed by atoms with Gasteiger partial charge in [-0.25, -0.2) is 4.98 Å². The Balaban J connectivity index is 1.44. The Kier molecular flexibility index (Phi) is 6.41. The second-order valence-corrected chi connectivity index (χ2v) is 7.58. The van der Waals surface area contributed by atoms with Gasteiger partial charge >= 0.3 is 6.18 Å². The van der Waals surface area contributed by atoms with E-state index in [-0.39, 0.29) is 11.4 Å². The molecule has 1 saturated heterocycles. The number of aromatic amines is 1. The number of benzene rings is 2. The lowest BCUT2D eigenvalue weighted by Gasteiger charge is -2.34. The molecule has 0 unspecified atom stereocenters. The Labute approximate surface area is 184 Å². The van der Waals surface area contributed by atoms with Gasteiger partial charge in [-0.1, -0.05) is 72.8 Å². The lowest BCUT2D eigenvalue weighted by molar-refractivity contribution is -0.144. The zero-order valence-corrected chi connectivity index (χ0v) is 17.3. The van der Waals surface area contributed by atoms with E-state index in [2.05, 4.69) is 20.9 Å². The van der Waals surface area contributed by atoms with Crippen LogP contribution >= 0.6 is 0 Å². The molecule has 1 N–H and O–H groups in total. The van der Waals surface area contributed by atoms with Crippen molar-refractivity contribution >= 4 is 12.0 Å². The van der Waals surface area contributed by atoms with E-state index in [9.17, 15) is 18.0 Å². The number of piperazine rings is 1. The van der Waals surface area contributed by atoms with Gasteiger partial charge in [-0.2, -0.15) is 13.2 Å². The summed E-state index contributed by atoms with van der Waals surface area (Å²) in [4.78, 5) is 22.8. The van der Waals surface area contributed by atoms with Gasteiger partial charge in [-0.3, -0.25) is 9.69 Å². The average molecular weight is 440 g/mol. The minimum atomic E-state index is -4.66. The van der Waals surface area contributed by atoms with Crippen molar-refractivity contribution in [2.45, 2.75) is 6.18 Å². The van der Waals surface area contributed by atoms with Crippen LogP contribution in [0.5, 0.6) is 0 Å². The molecule has 1 aliphatic rings. The maximum absolute atomic E-state index is 13.3. The Bertz CT molecular complexity index is 1070. The van der Waals surface area contributed by atoms with Gasteiger partial charge in [0.2, 0.25) is 5.82 Å². The van der Waals surface area contributed by atoms with Crippen molar-refractivity contribution in [1.82, 2.24) is 19.8 Å². The quantitative estimate of drug-likeness (QED) is 0.633. The summed E-state index contributed by atoms with van der Waals surface area (Å²) in [5.74, 6) is -1.63. The highest BCUT2D eigenvalue weighted by Crippen LogP contribution is 2.31. The summed E-state index contributed by atoms with van der Waals surface area (Å²) in [5, 5.41) is 0. The van der Waals surface area contributed by atoms with Crippen LogP contribution in [0, 0.1) is 0 Å². The van der Waals surface area contributed by atoms with E-state index in [0.717, 1.165) is 12.1 Å². The van der Waals surface area contributed by atoms with Gasteiger partial charge in [0.05, 0.1) is 0 Å². The molecule has 0 atom stereocenters. The van der Waals surface area contributed by atoms with Crippen LogP contribution in [0.1, 0.15) is 21.9 Å². The zero-order chi connectivity index (χ0) is 22.6. The predicted molar refractivity (Wildman–Crippen MR) is 117 cm³/mol. The smallest absolute Gasteiger partial charge is 0.335 e. The molecular weight excluding hydrogens is 417 g/mol. The number of alkyl halides is 3. The summed E-state index contributed by atoms with van der Waals surface area (Å²) < 4.78 is 39.8. The molecule has 166 valence electrons. The van der Waals surface area contributed by atoms with Crippen LogP contribution < -0.4 is 0 Å². The highest BCUT2D eigenvalue weighted by molar-refractivity contribution is 5.98. The fourth-order valence-electron chi connectivity index (χ4n) is 3.66. The van der Waals surface area contributed by atoms with Crippen LogP contribution in [-0.4, -0.2) is 58.4 Å². The van der Waals surface area contributed by atoms with Crippen molar-refractivity contribution in [1.29, 1.82) is 0 Å². The molecule has 0 saturated carbocycles. The number of hydrogen-bond acceptors (Lipinski definition) is 3. The molecule has 0 bridgehead atoms. The summed E-state index contributed by atoms with van der Waals surface area (Å²) in [7, 11) is 0. The van der Waals surface area contributed by atoms with Crippen LogP contribution in [0.3, 0.4) is 0 Å². The van der Waals surface area contributed by atoms with Crippen molar-refractivity contribution in [3.8, 4) is 11.3 Å². The monoisotopic (exact) mass is 440 g/mol. The fraction of sp³-hybridized carbons (Fsp3) is 0.250. The summed E-state index contributed by atoms with van der Waals surface area (Å²) in [6, 6.07) is 18.4.